The summed E-state index contributed by atoms with van der Waals surface area (Å²) in [5.74, 6) is 0.640. The maximum atomic E-state index is 4.29. The zero-order chi connectivity index (χ0) is 9.42. The number of nitrogens with zero attached hydrogens (tertiary/aromatic N) is 3. The van der Waals surface area contributed by atoms with Crippen molar-refractivity contribution in [2.24, 2.45) is 0 Å². The molecule has 0 unspecified atom stereocenters. The van der Waals surface area contributed by atoms with Crippen LogP contribution in [0.5, 0.6) is 0 Å². The van der Waals surface area contributed by atoms with E-state index in [4.69, 9.17) is 0 Å². The molecule has 0 aliphatic heterocycles. The van der Waals surface area contributed by atoms with Crippen molar-refractivity contribution >= 4 is 27.5 Å². The van der Waals surface area contributed by atoms with Crippen LogP contribution in [0.1, 0.15) is 5.56 Å². The van der Waals surface area contributed by atoms with Crippen molar-refractivity contribution in [1.82, 2.24) is 14.6 Å². The first-order chi connectivity index (χ1) is 6.20. The Kier molecular flexibility index (Phi) is 1.95. The monoisotopic (exact) mass is 240 g/mol. The van der Waals surface area contributed by atoms with Gasteiger partial charge < -0.3 is 5.32 Å². The number of hydrogen-bond acceptors (Lipinski definition) is 3. The van der Waals surface area contributed by atoms with Gasteiger partial charge in [-0.25, -0.2) is 4.52 Å². The highest BCUT2D eigenvalue weighted by Gasteiger charge is 2.04. The first kappa shape index (κ1) is 8.50. The van der Waals surface area contributed by atoms with Crippen LogP contribution in [0.2, 0.25) is 0 Å². The van der Waals surface area contributed by atoms with Crippen molar-refractivity contribution in [3.63, 3.8) is 0 Å². The molecule has 0 saturated heterocycles. The van der Waals surface area contributed by atoms with Gasteiger partial charge in [-0.1, -0.05) is 0 Å². The number of halogens is 1. The smallest absolute Gasteiger partial charge is 0.242 e. The Hall–Kier alpha value is -1.10. The van der Waals surface area contributed by atoms with Gasteiger partial charge in [-0.2, -0.15) is 4.98 Å². The lowest BCUT2D eigenvalue weighted by Crippen LogP contribution is -1.91. The molecular formula is C8H9BrN4. The first-order valence-corrected chi connectivity index (χ1v) is 4.70. The number of hydrogen-bond donors (Lipinski definition) is 1. The predicted octanol–water partition coefficient (Wildman–Crippen LogP) is 1.84. The molecule has 2 aromatic rings. The van der Waals surface area contributed by atoms with Gasteiger partial charge in [-0.05, 0) is 34.5 Å². The van der Waals surface area contributed by atoms with Crippen LogP contribution in [0.25, 0.3) is 5.65 Å². The maximum absolute atomic E-state index is 4.29. The number of pyridine rings is 1. The summed E-state index contributed by atoms with van der Waals surface area (Å²) in [4.78, 5) is 4.29. The van der Waals surface area contributed by atoms with Gasteiger partial charge in [-0.3, -0.25) is 0 Å². The van der Waals surface area contributed by atoms with Crippen molar-refractivity contribution in [3.05, 3.63) is 22.3 Å². The van der Waals surface area contributed by atoms with Crippen LogP contribution in [-0.4, -0.2) is 21.6 Å². The lowest BCUT2D eigenvalue weighted by Gasteiger charge is -1.95. The van der Waals surface area contributed by atoms with Crippen molar-refractivity contribution in [3.8, 4) is 0 Å². The molecule has 0 spiro atoms. The summed E-state index contributed by atoms with van der Waals surface area (Å²) in [6.07, 6.45) is 1.89. The molecular weight excluding hydrogens is 232 g/mol. The SMILES string of the molecule is CNc1nc2c(C)cc(Br)cn2n1. The lowest BCUT2D eigenvalue weighted by molar-refractivity contribution is 0.953. The third kappa shape index (κ3) is 1.39. The molecule has 0 fully saturated rings. The van der Waals surface area contributed by atoms with E-state index in [1.165, 1.54) is 0 Å². The number of fused-ring (bicyclic) bond motifs is 1. The van der Waals surface area contributed by atoms with E-state index in [0.29, 0.717) is 5.95 Å². The molecule has 4 nitrogen and oxygen atoms in total. The van der Waals surface area contributed by atoms with E-state index >= 15 is 0 Å². The molecule has 0 saturated carbocycles. The van der Waals surface area contributed by atoms with Crippen molar-refractivity contribution in [1.29, 1.82) is 0 Å². The molecule has 0 atom stereocenters. The lowest BCUT2D eigenvalue weighted by atomic mass is 10.3. The zero-order valence-corrected chi connectivity index (χ0v) is 8.96. The summed E-state index contributed by atoms with van der Waals surface area (Å²) in [5.41, 5.74) is 1.98. The Labute approximate surface area is 84.1 Å². The van der Waals surface area contributed by atoms with Crippen LogP contribution >= 0.6 is 15.9 Å². The fraction of sp³-hybridized carbons (Fsp3) is 0.250. The van der Waals surface area contributed by atoms with Gasteiger partial charge in [0.15, 0.2) is 5.65 Å². The Morgan fingerprint density at radius 3 is 3.00 bits per heavy atom. The largest absolute Gasteiger partial charge is 0.356 e. The number of nitrogens with one attached hydrogen (secondary N) is 1. The number of aromatic nitrogens is 3. The van der Waals surface area contributed by atoms with Crippen LogP contribution in [-0.2, 0) is 0 Å². The van der Waals surface area contributed by atoms with Crippen LogP contribution < -0.4 is 5.32 Å². The quantitative estimate of drug-likeness (QED) is 0.828. The topological polar surface area (TPSA) is 42.2 Å². The molecule has 2 heterocycles. The van der Waals surface area contributed by atoms with E-state index in [2.05, 4.69) is 31.3 Å². The van der Waals surface area contributed by atoms with Crippen molar-refractivity contribution < 1.29 is 0 Å². The summed E-state index contributed by atoms with van der Waals surface area (Å²) in [5, 5.41) is 7.12. The average molecular weight is 241 g/mol. The van der Waals surface area contributed by atoms with Crippen LogP contribution in [0, 0.1) is 6.92 Å². The third-order valence-electron chi connectivity index (χ3n) is 1.81. The summed E-state index contributed by atoms with van der Waals surface area (Å²) >= 11 is 3.41. The highest BCUT2D eigenvalue weighted by atomic mass is 79.9. The Morgan fingerprint density at radius 2 is 2.31 bits per heavy atom. The highest BCUT2D eigenvalue weighted by molar-refractivity contribution is 9.10. The van der Waals surface area contributed by atoms with E-state index in [-0.39, 0.29) is 0 Å². The standard InChI is InChI=1S/C8H9BrN4/c1-5-3-6(9)4-13-7(5)11-8(10-2)12-13/h3-4H,1-2H3,(H,10,12). The third-order valence-corrected chi connectivity index (χ3v) is 2.24. The summed E-state index contributed by atoms with van der Waals surface area (Å²) < 4.78 is 2.76. The van der Waals surface area contributed by atoms with Crippen molar-refractivity contribution in [2.45, 2.75) is 6.92 Å². The second-order valence-electron chi connectivity index (χ2n) is 2.79. The molecule has 2 aromatic heterocycles. The van der Waals surface area contributed by atoms with Gasteiger partial charge >= 0.3 is 0 Å². The summed E-state index contributed by atoms with van der Waals surface area (Å²) in [6.45, 7) is 2.01. The zero-order valence-electron chi connectivity index (χ0n) is 7.37. The fourth-order valence-corrected chi connectivity index (χ4v) is 1.75. The molecule has 0 aliphatic carbocycles. The normalized spacial score (nSPS) is 10.7. The van der Waals surface area contributed by atoms with Gasteiger partial charge in [0.25, 0.3) is 0 Å². The molecule has 0 bridgehead atoms. The average Bonchev–Trinajstić information content (AvgIpc) is 2.47. The maximum Gasteiger partial charge on any atom is 0.242 e. The molecule has 68 valence electrons. The van der Waals surface area contributed by atoms with E-state index < -0.39 is 0 Å². The summed E-state index contributed by atoms with van der Waals surface area (Å²) in [7, 11) is 1.80. The van der Waals surface area contributed by atoms with Crippen LogP contribution in [0.4, 0.5) is 5.95 Å². The van der Waals surface area contributed by atoms with Gasteiger partial charge in [-0.15, -0.1) is 5.10 Å². The van der Waals surface area contributed by atoms with E-state index in [0.717, 1.165) is 15.7 Å². The molecule has 1 N–H and O–H groups in total. The Balaban J connectivity index is 2.75. The highest BCUT2D eigenvalue weighted by Crippen LogP contribution is 2.16. The predicted molar refractivity (Wildman–Crippen MR) is 55.0 cm³/mol. The van der Waals surface area contributed by atoms with Crippen molar-refractivity contribution in [2.75, 3.05) is 12.4 Å². The number of rotatable bonds is 1. The molecule has 0 radical (unpaired) electrons. The van der Waals surface area contributed by atoms with Gasteiger partial charge in [0.1, 0.15) is 0 Å². The minimum Gasteiger partial charge on any atom is -0.356 e. The van der Waals surface area contributed by atoms with Gasteiger partial charge in [0.2, 0.25) is 5.95 Å². The Morgan fingerprint density at radius 1 is 1.54 bits per heavy atom. The van der Waals surface area contributed by atoms with E-state index in [1.807, 2.05) is 19.2 Å². The molecule has 0 aliphatic rings. The molecule has 0 amide bonds. The van der Waals surface area contributed by atoms with Crippen LogP contribution in [0.3, 0.4) is 0 Å². The van der Waals surface area contributed by atoms with Gasteiger partial charge in [0.05, 0.1) is 0 Å². The molecule has 5 heteroatoms. The fourth-order valence-electron chi connectivity index (χ4n) is 1.21. The first-order valence-electron chi connectivity index (χ1n) is 3.91. The second kappa shape index (κ2) is 2.99. The Bertz CT molecular complexity index is 449. The molecule has 0 aromatic carbocycles. The molecule has 2 rings (SSSR count). The number of aryl methyl sites for hydroxylation is 1. The summed E-state index contributed by atoms with van der Waals surface area (Å²) in [6, 6.07) is 2.02. The molecule has 13 heavy (non-hydrogen) atoms. The van der Waals surface area contributed by atoms with E-state index in [9.17, 15) is 0 Å². The minimum absolute atomic E-state index is 0.640. The second-order valence-corrected chi connectivity index (χ2v) is 3.71. The van der Waals surface area contributed by atoms with E-state index in [1.54, 1.807) is 11.6 Å². The number of anilines is 1. The van der Waals surface area contributed by atoms with Gasteiger partial charge in [0, 0.05) is 17.7 Å². The van der Waals surface area contributed by atoms with Crippen LogP contribution in [0.15, 0.2) is 16.7 Å². The minimum atomic E-state index is 0.640.